The Morgan fingerprint density at radius 3 is 2.64 bits per heavy atom. The van der Waals surface area contributed by atoms with Gasteiger partial charge in [0.05, 0.1) is 10.4 Å². The third-order valence-corrected chi connectivity index (χ3v) is 3.83. The zero-order valence-corrected chi connectivity index (χ0v) is 10.1. The number of aliphatic hydroxyl groups is 1. The fourth-order valence-corrected chi connectivity index (χ4v) is 1.92. The van der Waals surface area contributed by atoms with Crippen molar-refractivity contribution in [2.45, 2.75) is 49.5 Å². The van der Waals surface area contributed by atoms with Crippen LogP contribution in [0.5, 0.6) is 0 Å². The summed E-state index contributed by atoms with van der Waals surface area (Å²) in [6.07, 6.45) is 4.53. The molecule has 0 aromatic rings. The van der Waals surface area contributed by atoms with Crippen molar-refractivity contribution < 1.29 is 9.90 Å². The van der Waals surface area contributed by atoms with Crippen LogP contribution in [0.4, 0.5) is 0 Å². The van der Waals surface area contributed by atoms with E-state index in [1.807, 2.05) is 6.92 Å². The normalized spacial score (nSPS) is 21.9. The van der Waals surface area contributed by atoms with E-state index >= 15 is 0 Å². The maximum Gasteiger partial charge on any atom is 0.233 e. The molecule has 0 bridgehead atoms. The highest BCUT2D eigenvalue weighted by atomic mass is 79.9. The summed E-state index contributed by atoms with van der Waals surface area (Å²) in [5.74, 6) is -0.0205. The van der Waals surface area contributed by atoms with Crippen LogP contribution in [-0.2, 0) is 4.79 Å². The summed E-state index contributed by atoms with van der Waals surface area (Å²) in [7, 11) is 0. The van der Waals surface area contributed by atoms with Gasteiger partial charge in [0.1, 0.15) is 0 Å². The molecule has 0 aromatic heterocycles. The lowest BCUT2D eigenvalue weighted by Crippen LogP contribution is -2.43. The van der Waals surface area contributed by atoms with Crippen LogP contribution in [0.25, 0.3) is 0 Å². The van der Waals surface area contributed by atoms with Crippen LogP contribution in [0.2, 0.25) is 0 Å². The molecule has 1 aliphatic carbocycles. The van der Waals surface area contributed by atoms with Gasteiger partial charge in [-0.05, 0) is 19.3 Å². The number of alkyl halides is 1. The minimum Gasteiger partial charge on any atom is -0.388 e. The van der Waals surface area contributed by atoms with Crippen LogP contribution in [-0.4, -0.2) is 28.0 Å². The third kappa shape index (κ3) is 3.24. The van der Waals surface area contributed by atoms with Crippen molar-refractivity contribution in [3.63, 3.8) is 0 Å². The lowest BCUT2D eigenvalue weighted by Gasteiger charge is -2.22. The second kappa shape index (κ2) is 5.12. The van der Waals surface area contributed by atoms with Gasteiger partial charge in [-0.3, -0.25) is 4.79 Å². The molecule has 1 amide bonds. The molecular weight excluding hydrogens is 246 g/mol. The van der Waals surface area contributed by atoms with Crippen LogP contribution in [0.1, 0.15) is 39.0 Å². The number of nitrogens with one attached hydrogen (secondary N) is 1. The van der Waals surface area contributed by atoms with E-state index < -0.39 is 5.60 Å². The van der Waals surface area contributed by atoms with E-state index in [-0.39, 0.29) is 10.7 Å². The molecule has 1 aliphatic rings. The van der Waals surface area contributed by atoms with E-state index in [0.717, 1.165) is 32.1 Å². The van der Waals surface area contributed by atoms with Crippen molar-refractivity contribution in [2.24, 2.45) is 0 Å². The number of carbonyl (C=O) groups is 1. The van der Waals surface area contributed by atoms with Crippen molar-refractivity contribution >= 4 is 21.8 Å². The third-order valence-electron chi connectivity index (χ3n) is 2.77. The van der Waals surface area contributed by atoms with Crippen LogP contribution < -0.4 is 5.32 Å². The van der Waals surface area contributed by atoms with Gasteiger partial charge in [-0.15, -0.1) is 0 Å². The molecule has 1 atom stereocenters. The monoisotopic (exact) mass is 263 g/mol. The SMILES string of the molecule is CCC(Br)C(=O)NCC1(O)CCCC1. The number of hydrogen-bond acceptors (Lipinski definition) is 2. The minimum atomic E-state index is -0.643. The van der Waals surface area contributed by atoms with Gasteiger partial charge in [-0.2, -0.15) is 0 Å². The number of carbonyl (C=O) groups excluding carboxylic acids is 1. The van der Waals surface area contributed by atoms with Crippen molar-refractivity contribution in [1.82, 2.24) is 5.32 Å². The standard InChI is InChI=1S/C10H18BrNO2/c1-2-8(11)9(13)12-7-10(14)5-3-4-6-10/h8,14H,2-7H2,1H3,(H,12,13). The largest absolute Gasteiger partial charge is 0.388 e. The summed E-state index contributed by atoms with van der Waals surface area (Å²) < 4.78 is 0. The first-order valence-corrected chi connectivity index (χ1v) is 6.13. The average Bonchev–Trinajstić information content (AvgIpc) is 2.61. The van der Waals surface area contributed by atoms with E-state index in [4.69, 9.17) is 0 Å². The highest BCUT2D eigenvalue weighted by molar-refractivity contribution is 9.10. The topological polar surface area (TPSA) is 49.3 Å². The van der Waals surface area contributed by atoms with E-state index in [1.165, 1.54) is 0 Å². The minimum absolute atomic E-state index is 0.0205. The second-order valence-corrected chi connectivity index (χ2v) is 5.13. The van der Waals surface area contributed by atoms with Crippen molar-refractivity contribution in [2.75, 3.05) is 6.54 Å². The van der Waals surface area contributed by atoms with Crippen molar-refractivity contribution in [1.29, 1.82) is 0 Å². The van der Waals surface area contributed by atoms with E-state index in [2.05, 4.69) is 21.2 Å². The summed E-state index contributed by atoms with van der Waals surface area (Å²) in [4.78, 5) is 11.3. The lowest BCUT2D eigenvalue weighted by atomic mass is 10.0. The molecule has 82 valence electrons. The highest BCUT2D eigenvalue weighted by Gasteiger charge is 2.31. The summed E-state index contributed by atoms with van der Waals surface area (Å²) in [6.45, 7) is 2.34. The maximum absolute atomic E-state index is 11.4. The molecular formula is C10H18BrNO2. The zero-order valence-electron chi connectivity index (χ0n) is 8.55. The lowest BCUT2D eigenvalue weighted by molar-refractivity contribution is -0.121. The molecule has 1 rings (SSSR count). The Morgan fingerprint density at radius 1 is 1.57 bits per heavy atom. The molecule has 0 aromatic carbocycles. The van der Waals surface area contributed by atoms with Gasteiger partial charge < -0.3 is 10.4 Å². The predicted octanol–water partition coefficient (Wildman–Crippen LogP) is 1.58. The molecule has 0 radical (unpaired) electrons. The average molecular weight is 264 g/mol. The number of hydrogen-bond donors (Lipinski definition) is 2. The van der Waals surface area contributed by atoms with E-state index in [0.29, 0.717) is 6.54 Å². The van der Waals surface area contributed by atoms with Gasteiger partial charge in [-0.1, -0.05) is 35.7 Å². The van der Waals surface area contributed by atoms with Gasteiger partial charge in [0.2, 0.25) is 5.91 Å². The molecule has 14 heavy (non-hydrogen) atoms. The molecule has 0 spiro atoms. The molecule has 1 fully saturated rings. The van der Waals surface area contributed by atoms with Gasteiger partial charge in [0, 0.05) is 6.54 Å². The van der Waals surface area contributed by atoms with E-state index in [1.54, 1.807) is 0 Å². The molecule has 2 N–H and O–H groups in total. The van der Waals surface area contributed by atoms with Crippen LogP contribution >= 0.6 is 15.9 Å². The highest BCUT2D eigenvalue weighted by Crippen LogP contribution is 2.28. The maximum atomic E-state index is 11.4. The Bertz CT molecular complexity index is 202. The number of halogens is 1. The van der Waals surface area contributed by atoms with Crippen LogP contribution in [0, 0.1) is 0 Å². The van der Waals surface area contributed by atoms with Gasteiger partial charge in [0.15, 0.2) is 0 Å². The van der Waals surface area contributed by atoms with Gasteiger partial charge >= 0.3 is 0 Å². The number of rotatable bonds is 4. The van der Waals surface area contributed by atoms with Gasteiger partial charge in [-0.25, -0.2) is 0 Å². The quantitative estimate of drug-likeness (QED) is 0.757. The number of amides is 1. The Kier molecular flexibility index (Phi) is 4.38. The fraction of sp³-hybridized carbons (Fsp3) is 0.900. The van der Waals surface area contributed by atoms with Gasteiger partial charge in [0.25, 0.3) is 0 Å². The van der Waals surface area contributed by atoms with Crippen LogP contribution in [0.3, 0.4) is 0 Å². The Morgan fingerprint density at radius 2 is 2.14 bits per heavy atom. The molecule has 3 nitrogen and oxygen atoms in total. The molecule has 1 unspecified atom stereocenters. The molecule has 0 aliphatic heterocycles. The Hall–Kier alpha value is -0.0900. The first-order chi connectivity index (χ1) is 6.57. The fourth-order valence-electron chi connectivity index (χ4n) is 1.76. The Balaban J connectivity index is 2.29. The van der Waals surface area contributed by atoms with E-state index in [9.17, 15) is 9.90 Å². The van der Waals surface area contributed by atoms with Crippen LogP contribution in [0.15, 0.2) is 0 Å². The zero-order chi connectivity index (χ0) is 10.6. The summed E-state index contributed by atoms with van der Waals surface area (Å²) in [6, 6.07) is 0. The predicted molar refractivity (Wildman–Crippen MR) is 59.4 cm³/mol. The van der Waals surface area contributed by atoms with Crippen molar-refractivity contribution in [3.8, 4) is 0 Å². The molecule has 0 heterocycles. The summed E-state index contributed by atoms with van der Waals surface area (Å²) in [5.41, 5.74) is -0.643. The first kappa shape index (κ1) is 12.0. The Labute approximate surface area is 93.4 Å². The molecule has 4 heteroatoms. The van der Waals surface area contributed by atoms with Crippen molar-refractivity contribution in [3.05, 3.63) is 0 Å². The first-order valence-electron chi connectivity index (χ1n) is 5.21. The summed E-state index contributed by atoms with van der Waals surface area (Å²) >= 11 is 3.28. The molecule has 0 saturated heterocycles. The second-order valence-electron chi connectivity index (χ2n) is 4.03. The molecule has 1 saturated carbocycles. The summed E-state index contributed by atoms with van der Waals surface area (Å²) in [5, 5.41) is 12.7. The smallest absolute Gasteiger partial charge is 0.233 e.